The van der Waals surface area contributed by atoms with Crippen molar-refractivity contribution in [1.82, 2.24) is 0 Å². The molecule has 0 amide bonds. The highest BCUT2D eigenvalue weighted by atomic mass is 19.1. The van der Waals surface area contributed by atoms with E-state index >= 15 is 0 Å². The number of hydrogen-bond acceptors (Lipinski definition) is 1. The van der Waals surface area contributed by atoms with Gasteiger partial charge in [-0.25, -0.2) is 4.39 Å². The third-order valence-corrected chi connectivity index (χ3v) is 4.76. The SMILES string of the molecule is CC(C)(C)C1CCCC(N)(c2ccc(F)cc2)CC1. The van der Waals surface area contributed by atoms with E-state index in [1.807, 2.05) is 12.1 Å². The molecule has 2 rings (SSSR count). The lowest BCUT2D eigenvalue weighted by molar-refractivity contribution is 0.211. The molecule has 0 aromatic heterocycles. The maximum atomic E-state index is 13.0. The number of halogens is 1. The Morgan fingerprint density at radius 3 is 2.32 bits per heavy atom. The molecule has 2 heteroatoms. The minimum Gasteiger partial charge on any atom is -0.321 e. The highest BCUT2D eigenvalue weighted by Crippen LogP contribution is 2.42. The lowest BCUT2D eigenvalue weighted by atomic mass is 9.75. The van der Waals surface area contributed by atoms with E-state index in [0.717, 1.165) is 37.2 Å². The summed E-state index contributed by atoms with van der Waals surface area (Å²) in [6.45, 7) is 6.96. The van der Waals surface area contributed by atoms with E-state index in [9.17, 15) is 4.39 Å². The van der Waals surface area contributed by atoms with Crippen molar-refractivity contribution in [3.05, 3.63) is 35.6 Å². The minimum atomic E-state index is -0.270. The lowest BCUT2D eigenvalue weighted by Gasteiger charge is -2.31. The Hall–Kier alpha value is -0.890. The largest absolute Gasteiger partial charge is 0.321 e. The number of benzene rings is 1. The topological polar surface area (TPSA) is 26.0 Å². The van der Waals surface area contributed by atoms with Crippen molar-refractivity contribution in [2.24, 2.45) is 17.1 Å². The van der Waals surface area contributed by atoms with Gasteiger partial charge in [0.15, 0.2) is 0 Å². The summed E-state index contributed by atoms with van der Waals surface area (Å²) in [7, 11) is 0. The summed E-state index contributed by atoms with van der Waals surface area (Å²) in [5.74, 6) is 0.548. The predicted octanol–water partition coefficient (Wildman–Crippen LogP) is 4.61. The van der Waals surface area contributed by atoms with Crippen LogP contribution in [-0.4, -0.2) is 0 Å². The first kappa shape index (κ1) is 14.5. The molecule has 1 aliphatic carbocycles. The molecule has 0 bridgehead atoms. The van der Waals surface area contributed by atoms with E-state index in [1.165, 1.54) is 18.6 Å². The molecule has 0 radical (unpaired) electrons. The van der Waals surface area contributed by atoms with Crippen LogP contribution in [0.4, 0.5) is 4.39 Å². The van der Waals surface area contributed by atoms with Crippen molar-refractivity contribution < 1.29 is 4.39 Å². The molecule has 1 fully saturated rings. The normalized spacial score (nSPS) is 29.0. The first-order chi connectivity index (χ1) is 8.81. The molecule has 1 nitrogen and oxygen atoms in total. The van der Waals surface area contributed by atoms with Gasteiger partial charge in [0.1, 0.15) is 5.82 Å². The zero-order chi connectivity index (χ0) is 14.1. The quantitative estimate of drug-likeness (QED) is 0.736. The lowest BCUT2D eigenvalue weighted by Crippen LogP contribution is -2.36. The van der Waals surface area contributed by atoms with Crippen molar-refractivity contribution in [1.29, 1.82) is 0 Å². The average molecular weight is 263 g/mol. The third-order valence-electron chi connectivity index (χ3n) is 4.76. The third kappa shape index (κ3) is 3.36. The Morgan fingerprint density at radius 2 is 1.74 bits per heavy atom. The first-order valence-electron chi connectivity index (χ1n) is 7.36. The van der Waals surface area contributed by atoms with Crippen molar-refractivity contribution in [2.75, 3.05) is 0 Å². The van der Waals surface area contributed by atoms with Crippen LogP contribution in [0.2, 0.25) is 0 Å². The molecule has 1 aliphatic rings. The van der Waals surface area contributed by atoms with Crippen molar-refractivity contribution in [3.8, 4) is 0 Å². The Bertz CT molecular complexity index is 418. The van der Waals surface area contributed by atoms with Gasteiger partial charge in [-0.15, -0.1) is 0 Å². The van der Waals surface area contributed by atoms with Gasteiger partial charge in [0.2, 0.25) is 0 Å². The van der Waals surface area contributed by atoms with Crippen molar-refractivity contribution in [2.45, 2.75) is 58.4 Å². The summed E-state index contributed by atoms with van der Waals surface area (Å²) in [5, 5.41) is 0. The van der Waals surface area contributed by atoms with Gasteiger partial charge in [-0.1, -0.05) is 39.3 Å². The van der Waals surface area contributed by atoms with Gasteiger partial charge in [0.05, 0.1) is 0 Å². The molecule has 1 aromatic carbocycles. The molecular weight excluding hydrogens is 237 g/mol. The Balaban J connectivity index is 2.15. The van der Waals surface area contributed by atoms with Crippen LogP contribution in [0.5, 0.6) is 0 Å². The highest BCUT2D eigenvalue weighted by molar-refractivity contribution is 5.25. The molecule has 0 saturated heterocycles. The second-order valence-corrected chi connectivity index (χ2v) is 7.16. The Labute approximate surface area is 116 Å². The monoisotopic (exact) mass is 263 g/mol. The zero-order valence-electron chi connectivity index (χ0n) is 12.4. The molecule has 19 heavy (non-hydrogen) atoms. The summed E-state index contributed by atoms with van der Waals surface area (Å²) in [4.78, 5) is 0. The fraction of sp³-hybridized carbons (Fsp3) is 0.647. The fourth-order valence-corrected chi connectivity index (χ4v) is 3.30. The minimum absolute atomic E-state index is 0.187. The van der Waals surface area contributed by atoms with Crippen molar-refractivity contribution >= 4 is 0 Å². The Morgan fingerprint density at radius 1 is 1.11 bits per heavy atom. The highest BCUT2D eigenvalue weighted by Gasteiger charge is 2.34. The summed E-state index contributed by atoms with van der Waals surface area (Å²) in [5.41, 5.74) is 7.79. The smallest absolute Gasteiger partial charge is 0.123 e. The molecule has 1 saturated carbocycles. The molecule has 106 valence electrons. The van der Waals surface area contributed by atoms with Gasteiger partial charge >= 0.3 is 0 Å². The molecule has 2 atom stereocenters. The Kier molecular flexibility index (Phi) is 4.00. The van der Waals surface area contributed by atoms with E-state index in [1.54, 1.807) is 0 Å². The maximum absolute atomic E-state index is 13.0. The van der Waals surface area contributed by atoms with Crippen LogP contribution in [0.25, 0.3) is 0 Å². The molecule has 2 N–H and O–H groups in total. The number of nitrogens with two attached hydrogens (primary N) is 1. The molecule has 0 spiro atoms. The van der Waals surface area contributed by atoms with E-state index < -0.39 is 0 Å². The average Bonchev–Trinajstić information content (AvgIpc) is 2.52. The summed E-state index contributed by atoms with van der Waals surface area (Å²) in [6.07, 6.45) is 5.59. The summed E-state index contributed by atoms with van der Waals surface area (Å²) >= 11 is 0. The van der Waals surface area contributed by atoms with Gasteiger partial charge < -0.3 is 5.73 Å². The zero-order valence-corrected chi connectivity index (χ0v) is 12.4. The van der Waals surface area contributed by atoms with Crippen LogP contribution in [0.3, 0.4) is 0 Å². The van der Waals surface area contributed by atoms with Gasteiger partial charge in [0, 0.05) is 5.54 Å². The van der Waals surface area contributed by atoms with Crippen LogP contribution in [0.15, 0.2) is 24.3 Å². The second-order valence-electron chi connectivity index (χ2n) is 7.16. The van der Waals surface area contributed by atoms with E-state index in [2.05, 4.69) is 20.8 Å². The second kappa shape index (κ2) is 5.24. The molecule has 0 heterocycles. The van der Waals surface area contributed by atoms with E-state index in [0.29, 0.717) is 5.41 Å². The molecular formula is C17H26FN. The maximum Gasteiger partial charge on any atom is 0.123 e. The molecule has 0 aliphatic heterocycles. The summed E-state index contributed by atoms with van der Waals surface area (Å²) < 4.78 is 13.0. The van der Waals surface area contributed by atoms with Crippen molar-refractivity contribution in [3.63, 3.8) is 0 Å². The summed E-state index contributed by atoms with van der Waals surface area (Å²) in [6, 6.07) is 6.76. The fourth-order valence-electron chi connectivity index (χ4n) is 3.30. The van der Waals surface area contributed by atoms with Crippen LogP contribution in [0, 0.1) is 17.2 Å². The molecule has 2 unspecified atom stereocenters. The van der Waals surface area contributed by atoms with Gasteiger partial charge in [-0.2, -0.15) is 0 Å². The molecule has 1 aromatic rings. The van der Waals surface area contributed by atoms with Gasteiger partial charge in [-0.3, -0.25) is 0 Å². The first-order valence-corrected chi connectivity index (χ1v) is 7.36. The number of hydrogen-bond donors (Lipinski definition) is 1. The van der Waals surface area contributed by atoms with Crippen LogP contribution < -0.4 is 5.73 Å². The van der Waals surface area contributed by atoms with Gasteiger partial charge in [0.25, 0.3) is 0 Å². The standard InChI is InChI=1S/C17H26FN/c1-16(2,3)13-5-4-11-17(19,12-10-13)14-6-8-15(18)9-7-14/h6-9,13H,4-5,10-12,19H2,1-3H3. The van der Waals surface area contributed by atoms with Crippen LogP contribution in [-0.2, 0) is 5.54 Å². The van der Waals surface area contributed by atoms with Crippen LogP contribution in [0.1, 0.15) is 58.4 Å². The van der Waals surface area contributed by atoms with E-state index in [4.69, 9.17) is 5.73 Å². The predicted molar refractivity (Wildman–Crippen MR) is 78.3 cm³/mol. The van der Waals surface area contributed by atoms with E-state index in [-0.39, 0.29) is 11.4 Å². The number of rotatable bonds is 1. The van der Waals surface area contributed by atoms with Gasteiger partial charge in [-0.05, 0) is 54.7 Å². The van der Waals surface area contributed by atoms with Crippen LogP contribution >= 0.6 is 0 Å².